The zero-order chi connectivity index (χ0) is 20.4. The Hall–Kier alpha value is -2.39. The number of nitrogens with one attached hydrogen (secondary N) is 1. The van der Waals surface area contributed by atoms with Gasteiger partial charge in [-0.1, -0.05) is 25.5 Å². The summed E-state index contributed by atoms with van der Waals surface area (Å²) in [6.45, 7) is 2.59. The fourth-order valence-electron chi connectivity index (χ4n) is 2.87. The third-order valence-corrected chi connectivity index (χ3v) is 5.82. The number of unbranched alkanes of at least 4 members (excludes halogenated alkanes) is 1. The van der Waals surface area contributed by atoms with Gasteiger partial charge in [0.25, 0.3) is 0 Å². The highest BCUT2D eigenvalue weighted by Gasteiger charge is 2.30. The molecule has 0 saturated carbocycles. The number of sulfonamides is 1. The van der Waals surface area contributed by atoms with Gasteiger partial charge in [0.2, 0.25) is 10.0 Å². The molecule has 0 bridgehead atoms. The summed E-state index contributed by atoms with van der Waals surface area (Å²) in [6, 6.07) is 7.75. The Bertz CT molecular complexity index is 1060. The second-order valence-corrected chi connectivity index (χ2v) is 8.17. The summed E-state index contributed by atoms with van der Waals surface area (Å²) in [5, 5.41) is 0.513. The van der Waals surface area contributed by atoms with Crippen LogP contribution in [-0.2, 0) is 29.3 Å². The van der Waals surface area contributed by atoms with Crippen LogP contribution in [0.3, 0.4) is 0 Å². The summed E-state index contributed by atoms with van der Waals surface area (Å²) in [5.41, 5.74) is 0.249. The predicted molar refractivity (Wildman–Crippen MR) is 100 cm³/mol. The summed E-state index contributed by atoms with van der Waals surface area (Å²) >= 11 is 0. The van der Waals surface area contributed by atoms with Gasteiger partial charge in [-0.3, -0.25) is 0 Å². The van der Waals surface area contributed by atoms with Crippen molar-refractivity contribution in [3.8, 4) is 0 Å². The molecule has 0 amide bonds. The Labute approximate surface area is 161 Å². The second-order valence-electron chi connectivity index (χ2n) is 6.43. The highest BCUT2D eigenvalue weighted by molar-refractivity contribution is 7.89. The summed E-state index contributed by atoms with van der Waals surface area (Å²) in [4.78, 5) is 4.39. The molecule has 5 nitrogen and oxygen atoms in total. The first kappa shape index (κ1) is 20.3. The number of fused-ring (bicyclic) bond motifs is 1. The molecule has 0 unspecified atom stereocenters. The Morgan fingerprint density at radius 1 is 1.14 bits per heavy atom. The van der Waals surface area contributed by atoms with Crippen molar-refractivity contribution < 1.29 is 21.6 Å². The fourth-order valence-corrected chi connectivity index (χ4v) is 4.10. The van der Waals surface area contributed by atoms with E-state index in [0.717, 1.165) is 25.0 Å². The van der Waals surface area contributed by atoms with Gasteiger partial charge in [-0.15, -0.1) is 0 Å². The first-order chi connectivity index (χ1) is 13.2. The highest BCUT2D eigenvalue weighted by atomic mass is 32.2. The van der Waals surface area contributed by atoms with Crippen molar-refractivity contribution in [3.05, 3.63) is 59.9 Å². The zero-order valence-electron chi connectivity index (χ0n) is 15.2. The number of benzene rings is 1. The van der Waals surface area contributed by atoms with Crippen molar-refractivity contribution in [3.63, 3.8) is 0 Å². The number of hydrogen-bond donors (Lipinski definition) is 1. The molecule has 0 saturated heterocycles. The summed E-state index contributed by atoms with van der Waals surface area (Å²) in [5.74, 6) is 0. The maximum atomic E-state index is 12.8. The first-order valence-corrected chi connectivity index (χ1v) is 10.3. The minimum absolute atomic E-state index is 0.109. The van der Waals surface area contributed by atoms with Crippen molar-refractivity contribution >= 4 is 21.1 Å². The average molecular weight is 411 g/mol. The van der Waals surface area contributed by atoms with Crippen LogP contribution < -0.4 is 4.72 Å². The van der Waals surface area contributed by atoms with Crippen LogP contribution in [0.1, 0.15) is 30.9 Å². The molecule has 0 spiro atoms. The Balaban J connectivity index is 1.83. The summed E-state index contributed by atoms with van der Waals surface area (Å²) in [7, 11) is -3.86. The minimum atomic E-state index is -4.43. The molecule has 2 heterocycles. The summed E-state index contributed by atoms with van der Waals surface area (Å²) < 4.78 is 67.8. The lowest BCUT2D eigenvalue weighted by atomic mass is 10.1. The van der Waals surface area contributed by atoms with E-state index >= 15 is 0 Å². The van der Waals surface area contributed by atoms with Crippen LogP contribution in [0.4, 0.5) is 13.2 Å². The number of aromatic nitrogens is 2. The smallest absolute Gasteiger partial charge is 0.331 e. The topological polar surface area (TPSA) is 64.0 Å². The van der Waals surface area contributed by atoms with Gasteiger partial charge in [0, 0.05) is 30.9 Å². The van der Waals surface area contributed by atoms with Gasteiger partial charge in [0.05, 0.1) is 5.56 Å². The van der Waals surface area contributed by atoms with Crippen molar-refractivity contribution in [2.45, 2.75) is 43.9 Å². The van der Waals surface area contributed by atoms with Crippen molar-refractivity contribution in [2.75, 3.05) is 0 Å². The Kier molecular flexibility index (Phi) is 5.76. The molecule has 3 rings (SSSR count). The standard InChI is InChI=1S/C19H20F3N3O2S/c1-2-3-11-25-13-17(16-5-4-10-23-18(16)25)28(26,27)24-12-14-6-8-15(9-7-14)19(20,21)22/h4-10,13,24H,2-3,11-12H2,1H3. The van der Waals surface area contributed by atoms with E-state index in [1.807, 2.05) is 11.5 Å². The van der Waals surface area contributed by atoms with Crippen LogP contribution in [0, 0.1) is 0 Å². The second kappa shape index (κ2) is 7.92. The molecule has 0 atom stereocenters. The third kappa shape index (κ3) is 4.36. The molecule has 2 aromatic heterocycles. The quantitative estimate of drug-likeness (QED) is 0.629. The molecule has 9 heteroatoms. The lowest BCUT2D eigenvalue weighted by Crippen LogP contribution is -2.23. The van der Waals surface area contributed by atoms with Gasteiger partial charge in [0.1, 0.15) is 10.5 Å². The van der Waals surface area contributed by atoms with Crippen molar-refractivity contribution in [2.24, 2.45) is 0 Å². The molecule has 0 aliphatic carbocycles. The number of pyridine rings is 1. The summed E-state index contributed by atoms with van der Waals surface area (Å²) in [6.07, 6.45) is 0.587. The molecule has 28 heavy (non-hydrogen) atoms. The highest BCUT2D eigenvalue weighted by Crippen LogP contribution is 2.29. The fraction of sp³-hybridized carbons (Fsp3) is 0.316. The maximum Gasteiger partial charge on any atom is 0.416 e. The molecule has 0 fully saturated rings. The zero-order valence-corrected chi connectivity index (χ0v) is 16.0. The molecule has 3 aromatic rings. The maximum absolute atomic E-state index is 12.8. The van der Waals surface area contributed by atoms with Gasteiger partial charge >= 0.3 is 6.18 Å². The SMILES string of the molecule is CCCCn1cc(S(=O)(=O)NCc2ccc(C(F)(F)F)cc2)c2cccnc21. The van der Waals surface area contributed by atoms with Gasteiger partial charge in [-0.25, -0.2) is 18.1 Å². The molecular formula is C19H20F3N3O2S. The van der Waals surface area contributed by atoms with E-state index in [9.17, 15) is 21.6 Å². The Morgan fingerprint density at radius 2 is 1.86 bits per heavy atom. The lowest BCUT2D eigenvalue weighted by Gasteiger charge is -2.09. The molecule has 1 aromatic carbocycles. The number of hydrogen-bond acceptors (Lipinski definition) is 3. The van der Waals surface area contributed by atoms with Gasteiger partial charge in [0.15, 0.2) is 0 Å². The predicted octanol–water partition coefficient (Wildman–Crippen LogP) is 4.33. The van der Waals surface area contributed by atoms with Crippen LogP contribution in [0.5, 0.6) is 0 Å². The Morgan fingerprint density at radius 3 is 2.50 bits per heavy atom. The monoisotopic (exact) mass is 411 g/mol. The minimum Gasteiger partial charge on any atom is -0.331 e. The first-order valence-electron chi connectivity index (χ1n) is 8.82. The van der Waals surface area contributed by atoms with E-state index in [1.165, 1.54) is 12.1 Å². The van der Waals surface area contributed by atoms with Crippen molar-refractivity contribution in [1.29, 1.82) is 0 Å². The van der Waals surface area contributed by atoms with Crippen LogP contribution in [-0.4, -0.2) is 18.0 Å². The van der Waals surface area contributed by atoms with Gasteiger partial charge < -0.3 is 4.57 Å². The number of alkyl halides is 3. The average Bonchev–Trinajstić information content (AvgIpc) is 3.04. The lowest BCUT2D eigenvalue weighted by molar-refractivity contribution is -0.137. The largest absolute Gasteiger partial charge is 0.416 e. The van der Waals surface area contributed by atoms with Crippen LogP contribution >= 0.6 is 0 Å². The molecule has 0 radical (unpaired) electrons. The van der Waals surface area contributed by atoms with E-state index in [4.69, 9.17) is 0 Å². The van der Waals surface area contributed by atoms with Crippen LogP contribution in [0.2, 0.25) is 0 Å². The van der Waals surface area contributed by atoms with Crippen LogP contribution in [0.25, 0.3) is 11.0 Å². The number of rotatable bonds is 7. The van der Waals surface area contributed by atoms with E-state index in [0.29, 0.717) is 23.1 Å². The van der Waals surface area contributed by atoms with Gasteiger partial charge in [-0.05, 0) is 36.2 Å². The van der Waals surface area contributed by atoms with Crippen molar-refractivity contribution in [1.82, 2.24) is 14.3 Å². The molecule has 150 valence electrons. The number of halogens is 3. The van der Waals surface area contributed by atoms with Crippen LogP contribution in [0.15, 0.2) is 53.7 Å². The molecular weight excluding hydrogens is 391 g/mol. The molecule has 0 aliphatic rings. The van der Waals surface area contributed by atoms with E-state index < -0.39 is 21.8 Å². The van der Waals surface area contributed by atoms with Gasteiger partial charge in [-0.2, -0.15) is 13.2 Å². The van der Waals surface area contributed by atoms with E-state index in [1.54, 1.807) is 24.5 Å². The molecule has 1 N–H and O–H groups in total. The van der Waals surface area contributed by atoms with E-state index in [-0.39, 0.29) is 11.4 Å². The van der Waals surface area contributed by atoms with E-state index in [2.05, 4.69) is 9.71 Å². The normalized spacial score (nSPS) is 12.6. The number of nitrogens with zero attached hydrogens (tertiary/aromatic N) is 2. The third-order valence-electron chi connectivity index (χ3n) is 4.39. The number of aryl methyl sites for hydroxylation is 1. The molecule has 0 aliphatic heterocycles.